The summed E-state index contributed by atoms with van der Waals surface area (Å²) in [7, 11) is 6.54. The van der Waals surface area contributed by atoms with E-state index < -0.39 is 0 Å². The average molecular weight is 199 g/mol. The molecule has 0 aliphatic rings. The van der Waals surface area contributed by atoms with Crippen LogP contribution in [0, 0.1) is 25.2 Å². The molecule has 0 radical (unpaired) electrons. The lowest BCUT2D eigenvalue weighted by Gasteiger charge is -2.02. The molecule has 0 N–H and O–H groups in total. The van der Waals surface area contributed by atoms with Crippen LogP contribution in [-0.4, -0.2) is 4.98 Å². The molecule has 62 valence electrons. The monoisotopic (exact) mass is 198 g/mol. The van der Waals surface area contributed by atoms with E-state index in [0.29, 0.717) is 10.6 Å². The minimum Gasteiger partial charge on any atom is -0.244 e. The van der Waals surface area contributed by atoms with Crippen molar-refractivity contribution in [2.24, 2.45) is 0 Å². The lowest BCUT2D eigenvalue weighted by atomic mass is 10.1. The molecule has 1 rings (SSSR count). The van der Waals surface area contributed by atoms with Crippen LogP contribution >= 0.6 is 21.7 Å². The minimum absolute atomic E-state index is 0.570. The van der Waals surface area contributed by atoms with Crippen LogP contribution in [0.4, 0.5) is 0 Å². The van der Waals surface area contributed by atoms with Gasteiger partial charge in [-0.05, 0) is 36.2 Å². The summed E-state index contributed by atoms with van der Waals surface area (Å²) < 4.78 is 0. The first-order chi connectivity index (χ1) is 5.69. The van der Waals surface area contributed by atoms with Crippen LogP contribution in [0.5, 0.6) is 0 Å². The summed E-state index contributed by atoms with van der Waals surface area (Å²) in [6.07, 6.45) is 0. The van der Waals surface area contributed by atoms with Crippen LogP contribution in [0.3, 0.4) is 0 Å². The number of nitrogens with zero attached hydrogens (tertiary/aromatic N) is 2. The summed E-state index contributed by atoms with van der Waals surface area (Å²) in [6, 6.07) is 3.94. The van der Waals surface area contributed by atoms with E-state index in [1.165, 1.54) is 0 Å². The van der Waals surface area contributed by atoms with Crippen LogP contribution in [0.2, 0.25) is 0 Å². The summed E-state index contributed by atoms with van der Waals surface area (Å²) in [5.41, 5.74) is 2.38. The molecule has 0 aliphatic heterocycles. The van der Waals surface area contributed by atoms with E-state index in [0.717, 1.165) is 22.2 Å². The Kier molecular flexibility index (Phi) is 2.96. The Bertz CT molecular complexity index is 344. The van der Waals surface area contributed by atoms with Gasteiger partial charge in [-0.3, -0.25) is 0 Å². The van der Waals surface area contributed by atoms with E-state index in [9.17, 15) is 0 Å². The van der Waals surface area contributed by atoms with Gasteiger partial charge in [0.05, 0.1) is 5.56 Å². The molecular formula is C8H7ClN2S. The number of aromatic nitrogens is 1. The highest BCUT2D eigenvalue weighted by Gasteiger charge is 2.07. The number of aryl methyl sites for hydroxylation is 2. The van der Waals surface area contributed by atoms with Gasteiger partial charge in [0.1, 0.15) is 11.1 Å². The molecule has 12 heavy (non-hydrogen) atoms. The zero-order chi connectivity index (χ0) is 9.14. The number of halogens is 1. The van der Waals surface area contributed by atoms with Crippen LogP contribution in [0.25, 0.3) is 0 Å². The minimum atomic E-state index is 0.570. The Morgan fingerprint density at radius 1 is 1.58 bits per heavy atom. The number of pyridine rings is 1. The Hall–Kier alpha value is -0.720. The molecule has 4 heteroatoms. The molecule has 1 aromatic heterocycles. The van der Waals surface area contributed by atoms with Crippen LogP contribution in [0.15, 0.2) is 11.1 Å². The van der Waals surface area contributed by atoms with Gasteiger partial charge in [-0.15, -0.1) is 0 Å². The Labute approximate surface area is 80.1 Å². The van der Waals surface area contributed by atoms with Crippen molar-refractivity contribution in [3.63, 3.8) is 0 Å². The van der Waals surface area contributed by atoms with Gasteiger partial charge >= 0.3 is 0 Å². The van der Waals surface area contributed by atoms with Crippen molar-refractivity contribution >= 4 is 21.7 Å². The second kappa shape index (κ2) is 3.79. The lowest BCUT2D eigenvalue weighted by molar-refractivity contribution is 1.03. The van der Waals surface area contributed by atoms with E-state index in [-0.39, 0.29) is 0 Å². The van der Waals surface area contributed by atoms with Crippen LogP contribution < -0.4 is 0 Å². The van der Waals surface area contributed by atoms with Crippen molar-refractivity contribution in [3.05, 3.63) is 22.9 Å². The van der Waals surface area contributed by atoms with Gasteiger partial charge in [-0.1, -0.05) is 0 Å². The second-order valence-electron chi connectivity index (χ2n) is 2.45. The first-order valence-electron chi connectivity index (χ1n) is 3.36. The van der Waals surface area contributed by atoms with Crippen LogP contribution in [-0.2, 0) is 0 Å². The summed E-state index contributed by atoms with van der Waals surface area (Å²) in [5, 5.41) is 9.35. The largest absolute Gasteiger partial charge is 0.244 e. The summed E-state index contributed by atoms with van der Waals surface area (Å²) in [4.78, 5) is 4.13. The maximum atomic E-state index is 8.76. The second-order valence-corrected chi connectivity index (χ2v) is 3.45. The predicted molar refractivity (Wildman–Crippen MR) is 50.1 cm³/mol. The van der Waals surface area contributed by atoms with E-state index in [1.54, 1.807) is 0 Å². The van der Waals surface area contributed by atoms with E-state index in [4.69, 9.17) is 15.9 Å². The van der Waals surface area contributed by atoms with E-state index in [1.807, 2.05) is 19.9 Å². The maximum Gasteiger partial charge on any atom is 0.130 e. The third-order valence-electron chi connectivity index (χ3n) is 1.50. The number of nitriles is 1. The molecule has 0 amide bonds. The molecule has 0 atom stereocenters. The zero-order valence-electron chi connectivity index (χ0n) is 6.76. The molecule has 2 nitrogen and oxygen atoms in total. The first-order valence-corrected chi connectivity index (χ1v) is 5.00. The summed E-state index contributed by atoms with van der Waals surface area (Å²) >= 11 is 0. The SMILES string of the molecule is Cc1cc(C)c(C#N)c(SCl)n1. The molecular weight excluding hydrogens is 192 g/mol. The van der Waals surface area contributed by atoms with Crippen molar-refractivity contribution in [1.82, 2.24) is 4.98 Å². The third kappa shape index (κ3) is 1.71. The quantitative estimate of drug-likeness (QED) is 0.697. The van der Waals surface area contributed by atoms with Gasteiger partial charge in [-0.2, -0.15) is 5.26 Å². The highest BCUT2D eigenvalue weighted by Crippen LogP contribution is 2.25. The highest BCUT2D eigenvalue weighted by molar-refractivity contribution is 8.21. The Balaban J connectivity index is 3.36. The van der Waals surface area contributed by atoms with Crippen molar-refractivity contribution in [2.75, 3.05) is 0 Å². The fourth-order valence-electron chi connectivity index (χ4n) is 0.994. The predicted octanol–water partition coefficient (Wildman–Crippen LogP) is 2.82. The maximum absolute atomic E-state index is 8.76. The third-order valence-corrected chi connectivity index (χ3v) is 2.38. The van der Waals surface area contributed by atoms with Crippen molar-refractivity contribution in [3.8, 4) is 6.07 Å². The van der Waals surface area contributed by atoms with Crippen molar-refractivity contribution in [2.45, 2.75) is 18.9 Å². The zero-order valence-corrected chi connectivity index (χ0v) is 8.33. The number of rotatable bonds is 1. The molecule has 0 fully saturated rings. The van der Waals surface area contributed by atoms with Crippen molar-refractivity contribution in [1.29, 1.82) is 5.26 Å². The highest BCUT2D eigenvalue weighted by atomic mass is 35.7. The molecule has 0 saturated heterocycles. The van der Waals surface area contributed by atoms with Crippen LogP contribution in [0.1, 0.15) is 16.8 Å². The topological polar surface area (TPSA) is 36.7 Å². The molecule has 0 aromatic carbocycles. The number of hydrogen-bond donors (Lipinski definition) is 0. The van der Waals surface area contributed by atoms with E-state index in [2.05, 4.69) is 11.1 Å². The molecule has 1 aromatic rings. The summed E-state index contributed by atoms with van der Waals surface area (Å²) in [5.74, 6) is 0. The van der Waals surface area contributed by atoms with Crippen molar-refractivity contribution < 1.29 is 0 Å². The first kappa shape index (κ1) is 9.37. The molecule has 0 bridgehead atoms. The standard InChI is InChI=1S/C8H7ClN2S/c1-5-3-6(2)11-8(12-9)7(5)4-10/h3H,1-2H3. The van der Waals surface area contributed by atoms with Gasteiger partial charge in [0.15, 0.2) is 0 Å². The average Bonchev–Trinajstić information content (AvgIpc) is 2.03. The fourth-order valence-corrected chi connectivity index (χ4v) is 1.79. The molecule has 0 aliphatic carbocycles. The van der Waals surface area contributed by atoms with Gasteiger partial charge < -0.3 is 0 Å². The lowest BCUT2D eigenvalue weighted by Crippen LogP contribution is -1.92. The van der Waals surface area contributed by atoms with E-state index >= 15 is 0 Å². The molecule has 0 saturated carbocycles. The summed E-state index contributed by atoms with van der Waals surface area (Å²) in [6.45, 7) is 3.76. The van der Waals surface area contributed by atoms with Gasteiger partial charge in [0.25, 0.3) is 0 Å². The molecule has 0 unspecified atom stereocenters. The molecule has 0 spiro atoms. The Morgan fingerprint density at radius 2 is 2.25 bits per heavy atom. The normalized spacial score (nSPS) is 9.50. The fraction of sp³-hybridized carbons (Fsp3) is 0.250. The van der Waals surface area contributed by atoms with Gasteiger partial charge in [0.2, 0.25) is 0 Å². The number of hydrogen-bond acceptors (Lipinski definition) is 3. The smallest absolute Gasteiger partial charge is 0.130 e. The molecule has 1 heterocycles. The van der Waals surface area contributed by atoms with Gasteiger partial charge in [0, 0.05) is 16.7 Å². The van der Waals surface area contributed by atoms with Gasteiger partial charge in [-0.25, -0.2) is 4.98 Å². The Morgan fingerprint density at radius 3 is 2.75 bits per heavy atom.